The highest BCUT2D eigenvalue weighted by molar-refractivity contribution is 7.80. The number of hydrogen-bond acceptors (Lipinski definition) is 5. The van der Waals surface area contributed by atoms with Gasteiger partial charge < -0.3 is 15.8 Å². The van der Waals surface area contributed by atoms with Crippen LogP contribution in [-0.4, -0.2) is 16.0 Å². The Morgan fingerprint density at radius 3 is 2.89 bits per heavy atom. The molecule has 0 fully saturated rings. The topological polar surface area (TPSA) is 90.1 Å². The van der Waals surface area contributed by atoms with Crippen molar-refractivity contribution in [3.05, 3.63) is 36.8 Å². The van der Waals surface area contributed by atoms with Crippen LogP contribution in [-0.2, 0) is 0 Å². The van der Waals surface area contributed by atoms with Crippen LogP contribution in [0, 0.1) is 0 Å². The molecule has 0 aliphatic heterocycles. The number of ether oxygens (including phenoxy) is 1. The highest BCUT2D eigenvalue weighted by atomic mass is 32.1. The highest BCUT2D eigenvalue weighted by Crippen LogP contribution is 2.32. The van der Waals surface area contributed by atoms with Crippen molar-refractivity contribution in [2.75, 3.05) is 5.32 Å². The van der Waals surface area contributed by atoms with E-state index in [0.29, 0.717) is 22.2 Å². The Morgan fingerprint density at radius 2 is 2.22 bits per heavy atom. The second kappa shape index (κ2) is 5.37. The highest BCUT2D eigenvalue weighted by Gasteiger charge is 2.08. The number of carbonyl (C=O) groups excluding carboxylic acids is 1. The molecule has 92 valence electrons. The number of benzene rings is 1. The van der Waals surface area contributed by atoms with Crippen molar-refractivity contribution < 1.29 is 9.53 Å². The van der Waals surface area contributed by atoms with E-state index in [1.807, 2.05) is 0 Å². The summed E-state index contributed by atoms with van der Waals surface area (Å²) in [6.07, 6.45) is 4.53. The molecule has 7 heteroatoms. The molecule has 0 spiro atoms. The van der Waals surface area contributed by atoms with Crippen LogP contribution < -0.4 is 15.8 Å². The second-order valence-corrected chi connectivity index (χ2v) is 3.73. The van der Waals surface area contributed by atoms with Crippen molar-refractivity contribution in [2.45, 2.75) is 4.90 Å². The van der Waals surface area contributed by atoms with Crippen LogP contribution in [0.25, 0.3) is 0 Å². The SMILES string of the molecule is NC(=O)Nc1cccc(Oc2cnccn2)c1S. The van der Waals surface area contributed by atoms with E-state index in [-0.39, 0.29) is 0 Å². The zero-order valence-corrected chi connectivity index (χ0v) is 10.1. The van der Waals surface area contributed by atoms with Crippen LogP contribution >= 0.6 is 12.6 Å². The number of carbonyl (C=O) groups is 1. The minimum atomic E-state index is -0.665. The molecule has 2 amide bonds. The van der Waals surface area contributed by atoms with Crippen LogP contribution in [0.4, 0.5) is 10.5 Å². The zero-order chi connectivity index (χ0) is 13.0. The molecule has 0 bridgehead atoms. The molecule has 6 nitrogen and oxygen atoms in total. The molecular weight excluding hydrogens is 252 g/mol. The van der Waals surface area contributed by atoms with Gasteiger partial charge >= 0.3 is 6.03 Å². The minimum Gasteiger partial charge on any atom is -0.436 e. The monoisotopic (exact) mass is 262 g/mol. The van der Waals surface area contributed by atoms with Gasteiger partial charge in [0.2, 0.25) is 5.88 Å². The lowest BCUT2D eigenvalue weighted by molar-refractivity contribution is 0.259. The summed E-state index contributed by atoms with van der Waals surface area (Å²) in [4.78, 5) is 19.1. The fourth-order valence-electron chi connectivity index (χ4n) is 1.29. The Labute approximate surface area is 109 Å². The molecule has 0 atom stereocenters. The molecule has 1 aromatic carbocycles. The number of amides is 2. The predicted molar refractivity (Wildman–Crippen MR) is 69.0 cm³/mol. The Hall–Kier alpha value is -2.28. The van der Waals surface area contributed by atoms with Crippen molar-refractivity contribution in [3.63, 3.8) is 0 Å². The number of urea groups is 1. The normalized spacial score (nSPS) is 9.83. The van der Waals surface area contributed by atoms with E-state index in [2.05, 4.69) is 27.9 Å². The first kappa shape index (κ1) is 12.2. The van der Waals surface area contributed by atoms with Gasteiger partial charge in [-0.1, -0.05) is 6.07 Å². The standard InChI is InChI=1S/C11H10N4O2S/c12-11(16)15-7-2-1-3-8(10(7)18)17-9-6-13-4-5-14-9/h1-6,18H,(H3,12,15,16). The molecule has 2 aromatic rings. The smallest absolute Gasteiger partial charge is 0.316 e. The minimum absolute atomic E-state index is 0.337. The van der Waals surface area contributed by atoms with E-state index >= 15 is 0 Å². The quantitative estimate of drug-likeness (QED) is 0.738. The summed E-state index contributed by atoms with van der Waals surface area (Å²) in [6, 6.07) is 4.40. The van der Waals surface area contributed by atoms with Crippen LogP contribution in [0.3, 0.4) is 0 Å². The Balaban J connectivity index is 2.26. The number of thiol groups is 1. The van der Waals surface area contributed by atoms with Gasteiger partial charge in [0.05, 0.1) is 16.8 Å². The van der Waals surface area contributed by atoms with E-state index in [1.54, 1.807) is 24.4 Å². The Bertz CT molecular complexity index is 562. The number of primary amides is 1. The number of hydrogen-bond donors (Lipinski definition) is 3. The molecule has 18 heavy (non-hydrogen) atoms. The van der Waals surface area contributed by atoms with Crippen molar-refractivity contribution in [1.29, 1.82) is 0 Å². The van der Waals surface area contributed by atoms with Crippen molar-refractivity contribution in [1.82, 2.24) is 9.97 Å². The molecule has 2 rings (SSSR count). The molecule has 0 aliphatic carbocycles. The lowest BCUT2D eigenvalue weighted by atomic mass is 10.3. The van der Waals surface area contributed by atoms with Gasteiger partial charge in [-0.15, -0.1) is 12.6 Å². The molecule has 1 heterocycles. The van der Waals surface area contributed by atoms with Crippen LogP contribution in [0.2, 0.25) is 0 Å². The predicted octanol–water partition coefficient (Wildman–Crippen LogP) is 2.05. The first-order valence-corrected chi connectivity index (χ1v) is 5.44. The van der Waals surface area contributed by atoms with E-state index in [4.69, 9.17) is 10.5 Å². The lowest BCUT2D eigenvalue weighted by Gasteiger charge is -2.10. The number of nitrogens with zero attached hydrogens (tertiary/aromatic N) is 2. The van der Waals surface area contributed by atoms with E-state index in [9.17, 15) is 4.79 Å². The first-order valence-electron chi connectivity index (χ1n) is 4.99. The fraction of sp³-hybridized carbons (Fsp3) is 0. The number of anilines is 1. The van der Waals surface area contributed by atoms with Gasteiger partial charge in [0.1, 0.15) is 5.75 Å². The van der Waals surface area contributed by atoms with Gasteiger partial charge in [0.25, 0.3) is 0 Å². The molecule has 0 saturated heterocycles. The molecule has 0 unspecified atom stereocenters. The van der Waals surface area contributed by atoms with E-state index in [0.717, 1.165) is 0 Å². The van der Waals surface area contributed by atoms with Crippen LogP contribution in [0.5, 0.6) is 11.6 Å². The van der Waals surface area contributed by atoms with Gasteiger partial charge in [-0.2, -0.15) is 0 Å². The summed E-state index contributed by atoms with van der Waals surface area (Å²) in [6.45, 7) is 0. The number of nitrogens with one attached hydrogen (secondary N) is 1. The summed E-state index contributed by atoms with van der Waals surface area (Å²) in [5, 5.41) is 2.45. The maximum Gasteiger partial charge on any atom is 0.316 e. The molecule has 0 aliphatic rings. The maximum atomic E-state index is 10.8. The fourth-order valence-corrected chi connectivity index (χ4v) is 1.54. The summed E-state index contributed by atoms with van der Waals surface area (Å²) >= 11 is 4.27. The lowest BCUT2D eigenvalue weighted by Crippen LogP contribution is -2.19. The van der Waals surface area contributed by atoms with Gasteiger partial charge in [0.15, 0.2) is 0 Å². The maximum absolute atomic E-state index is 10.8. The third-order valence-corrected chi connectivity index (χ3v) is 2.47. The van der Waals surface area contributed by atoms with Gasteiger partial charge in [0, 0.05) is 12.4 Å². The Morgan fingerprint density at radius 1 is 1.39 bits per heavy atom. The van der Waals surface area contributed by atoms with Gasteiger partial charge in [-0.3, -0.25) is 4.98 Å². The molecular formula is C11H10N4O2S. The van der Waals surface area contributed by atoms with Crippen molar-refractivity contribution >= 4 is 24.3 Å². The van der Waals surface area contributed by atoms with Crippen molar-refractivity contribution in [2.24, 2.45) is 5.73 Å². The number of rotatable bonds is 3. The Kier molecular flexibility index (Phi) is 3.63. The van der Waals surface area contributed by atoms with Crippen LogP contribution in [0.1, 0.15) is 0 Å². The van der Waals surface area contributed by atoms with Gasteiger partial charge in [-0.25, -0.2) is 9.78 Å². The van der Waals surface area contributed by atoms with E-state index < -0.39 is 6.03 Å². The third kappa shape index (κ3) is 2.89. The summed E-state index contributed by atoms with van der Waals surface area (Å²) in [5.41, 5.74) is 5.51. The van der Waals surface area contributed by atoms with Crippen molar-refractivity contribution in [3.8, 4) is 11.6 Å². The second-order valence-electron chi connectivity index (χ2n) is 3.29. The number of nitrogens with two attached hydrogens (primary N) is 1. The third-order valence-electron chi connectivity index (χ3n) is 2.01. The van der Waals surface area contributed by atoms with Gasteiger partial charge in [-0.05, 0) is 12.1 Å². The van der Waals surface area contributed by atoms with Crippen LogP contribution in [0.15, 0.2) is 41.7 Å². The molecule has 0 radical (unpaired) electrons. The largest absolute Gasteiger partial charge is 0.436 e. The summed E-state index contributed by atoms with van der Waals surface area (Å²) < 4.78 is 5.49. The zero-order valence-electron chi connectivity index (χ0n) is 9.20. The number of aromatic nitrogens is 2. The summed E-state index contributed by atoms with van der Waals surface area (Å²) in [7, 11) is 0. The average molecular weight is 262 g/mol. The summed E-state index contributed by atoms with van der Waals surface area (Å²) in [5.74, 6) is 0.786. The molecule has 0 saturated carbocycles. The molecule has 1 aromatic heterocycles. The molecule has 3 N–H and O–H groups in total. The average Bonchev–Trinajstić information content (AvgIpc) is 2.35. The van der Waals surface area contributed by atoms with E-state index in [1.165, 1.54) is 12.4 Å². The first-order chi connectivity index (χ1) is 8.66.